The Hall–Kier alpha value is -4.13. The fraction of sp³-hybridized carbons (Fsp3) is 0.0833. The van der Waals surface area contributed by atoms with E-state index >= 15 is 0 Å². The first-order valence-electron chi connectivity index (χ1n) is 9.48. The van der Waals surface area contributed by atoms with Crippen LogP contribution in [0, 0.1) is 5.82 Å². The summed E-state index contributed by atoms with van der Waals surface area (Å²) < 4.78 is 35.0. The van der Waals surface area contributed by atoms with Gasteiger partial charge in [-0.15, -0.1) is 0 Å². The number of halogens is 1. The summed E-state index contributed by atoms with van der Waals surface area (Å²) in [7, 11) is 0. The van der Waals surface area contributed by atoms with Crippen molar-refractivity contribution in [2.45, 2.75) is 6.92 Å². The van der Waals surface area contributed by atoms with Crippen LogP contribution in [-0.4, -0.2) is 12.6 Å². The molecule has 0 saturated carbocycles. The van der Waals surface area contributed by atoms with E-state index in [1.807, 2.05) is 6.92 Å². The Morgan fingerprint density at radius 3 is 2.45 bits per heavy atom. The Morgan fingerprint density at radius 2 is 1.71 bits per heavy atom. The van der Waals surface area contributed by atoms with Gasteiger partial charge in [0.2, 0.25) is 11.2 Å². The van der Waals surface area contributed by atoms with Crippen LogP contribution in [-0.2, 0) is 0 Å². The zero-order valence-corrected chi connectivity index (χ0v) is 16.5. The van der Waals surface area contributed by atoms with Crippen molar-refractivity contribution in [1.82, 2.24) is 0 Å². The van der Waals surface area contributed by atoms with Crippen LogP contribution in [0.2, 0.25) is 0 Å². The molecule has 7 heteroatoms. The van der Waals surface area contributed by atoms with Gasteiger partial charge in [0.1, 0.15) is 23.4 Å². The molecular weight excluding hydrogens is 403 g/mol. The number of rotatable bonds is 6. The lowest BCUT2D eigenvalue weighted by Gasteiger charge is -2.11. The minimum atomic E-state index is -0.658. The first kappa shape index (κ1) is 20.2. The van der Waals surface area contributed by atoms with Crippen LogP contribution in [0.1, 0.15) is 17.3 Å². The summed E-state index contributed by atoms with van der Waals surface area (Å²) in [5.74, 6) is -0.0374. The van der Waals surface area contributed by atoms with Gasteiger partial charge in [0.15, 0.2) is 11.5 Å². The quantitative estimate of drug-likeness (QED) is 0.310. The molecule has 1 aromatic heterocycles. The molecule has 0 aliphatic rings. The van der Waals surface area contributed by atoms with E-state index in [9.17, 15) is 14.0 Å². The molecule has 156 valence electrons. The fourth-order valence-corrected chi connectivity index (χ4v) is 2.90. The zero-order valence-electron chi connectivity index (χ0n) is 16.5. The Kier molecular flexibility index (Phi) is 5.66. The number of para-hydroxylation sites is 2. The molecule has 4 rings (SSSR count). The highest BCUT2D eigenvalue weighted by Gasteiger charge is 2.14. The molecule has 0 aliphatic heterocycles. The largest absolute Gasteiger partial charge is 0.490 e. The molecule has 0 unspecified atom stereocenters. The van der Waals surface area contributed by atoms with E-state index in [0.717, 1.165) is 0 Å². The van der Waals surface area contributed by atoms with Crippen molar-refractivity contribution in [2.75, 3.05) is 6.61 Å². The molecule has 0 spiro atoms. The molecule has 4 aromatic rings. The molecule has 0 N–H and O–H groups in total. The van der Waals surface area contributed by atoms with Gasteiger partial charge in [-0.3, -0.25) is 4.79 Å². The van der Waals surface area contributed by atoms with Gasteiger partial charge in [-0.1, -0.05) is 12.1 Å². The first-order chi connectivity index (χ1) is 15.0. The van der Waals surface area contributed by atoms with Crippen molar-refractivity contribution >= 4 is 16.9 Å². The summed E-state index contributed by atoms with van der Waals surface area (Å²) >= 11 is 0. The number of fused-ring (bicyclic) bond motifs is 1. The lowest BCUT2D eigenvalue weighted by Crippen LogP contribution is -2.09. The maximum Gasteiger partial charge on any atom is 0.343 e. The van der Waals surface area contributed by atoms with Crippen molar-refractivity contribution in [3.63, 3.8) is 0 Å². The average molecular weight is 420 g/mol. The Morgan fingerprint density at radius 1 is 0.968 bits per heavy atom. The predicted molar refractivity (Wildman–Crippen MR) is 112 cm³/mol. The molecule has 31 heavy (non-hydrogen) atoms. The van der Waals surface area contributed by atoms with Crippen molar-refractivity contribution in [1.29, 1.82) is 0 Å². The zero-order chi connectivity index (χ0) is 21.8. The number of esters is 1. The molecule has 3 aromatic carbocycles. The SMILES string of the molecule is CCOc1ccccc1Oc1coc2cc(OC(=O)c3ccc(F)cc3)ccc2c1=O. The van der Waals surface area contributed by atoms with Gasteiger partial charge in [0, 0.05) is 6.07 Å². The Bertz CT molecular complexity index is 1290. The predicted octanol–water partition coefficient (Wildman–Crippen LogP) is 5.34. The average Bonchev–Trinajstić information content (AvgIpc) is 2.77. The molecule has 0 aliphatic carbocycles. The normalized spacial score (nSPS) is 10.6. The highest BCUT2D eigenvalue weighted by Crippen LogP contribution is 2.31. The van der Waals surface area contributed by atoms with Gasteiger partial charge < -0.3 is 18.6 Å². The van der Waals surface area contributed by atoms with E-state index in [4.69, 9.17) is 18.6 Å². The monoisotopic (exact) mass is 420 g/mol. The van der Waals surface area contributed by atoms with E-state index in [1.165, 1.54) is 48.7 Å². The van der Waals surface area contributed by atoms with Crippen LogP contribution in [0.5, 0.6) is 23.0 Å². The molecule has 1 heterocycles. The molecule has 0 atom stereocenters. The summed E-state index contributed by atoms with van der Waals surface area (Å²) in [5.41, 5.74) is 0.0310. The van der Waals surface area contributed by atoms with Gasteiger partial charge in [-0.2, -0.15) is 0 Å². The summed E-state index contributed by atoms with van der Waals surface area (Å²) in [6.07, 6.45) is 1.19. The summed E-state index contributed by atoms with van der Waals surface area (Å²) in [4.78, 5) is 25.0. The maximum absolute atomic E-state index is 13.0. The second kappa shape index (κ2) is 8.71. The van der Waals surface area contributed by atoms with Crippen molar-refractivity contribution in [3.05, 3.63) is 94.6 Å². The lowest BCUT2D eigenvalue weighted by atomic mass is 10.2. The minimum Gasteiger partial charge on any atom is -0.490 e. The summed E-state index contributed by atoms with van der Waals surface area (Å²) in [6.45, 7) is 2.30. The van der Waals surface area contributed by atoms with Crippen LogP contribution >= 0.6 is 0 Å². The third-order valence-electron chi connectivity index (χ3n) is 4.37. The van der Waals surface area contributed by atoms with Crippen molar-refractivity contribution in [2.24, 2.45) is 0 Å². The molecule has 0 amide bonds. The highest BCUT2D eigenvalue weighted by molar-refractivity contribution is 5.91. The number of carbonyl (C=O) groups excluding carboxylic acids is 1. The van der Waals surface area contributed by atoms with Crippen LogP contribution in [0.25, 0.3) is 11.0 Å². The number of carbonyl (C=O) groups is 1. The third-order valence-corrected chi connectivity index (χ3v) is 4.37. The standard InChI is InChI=1S/C24H17FO6/c1-2-28-19-5-3-4-6-20(19)31-22-14-29-21-13-17(11-12-18(21)23(22)26)30-24(27)15-7-9-16(25)10-8-15/h3-14H,2H2,1H3. The van der Waals surface area contributed by atoms with Crippen LogP contribution in [0.15, 0.2) is 82.2 Å². The van der Waals surface area contributed by atoms with E-state index in [0.29, 0.717) is 18.1 Å². The summed E-state index contributed by atoms with van der Waals surface area (Å²) in [5, 5.41) is 0.257. The molecule has 0 saturated heterocycles. The second-order valence-corrected chi connectivity index (χ2v) is 6.47. The van der Waals surface area contributed by atoms with Gasteiger partial charge in [-0.05, 0) is 55.5 Å². The highest BCUT2D eigenvalue weighted by atomic mass is 19.1. The van der Waals surface area contributed by atoms with E-state index < -0.39 is 11.8 Å². The van der Waals surface area contributed by atoms with Crippen LogP contribution in [0.3, 0.4) is 0 Å². The Labute approximate surface area is 176 Å². The van der Waals surface area contributed by atoms with Gasteiger partial charge >= 0.3 is 5.97 Å². The molecule has 0 fully saturated rings. The van der Waals surface area contributed by atoms with E-state index in [2.05, 4.69) is 0 Å². The maximum atomic E-state index is 13.0. The fourth-order valence-electron chi connectivity index (χ4n) is 2.90. The topological polar surface area (TPSA) is 75.0 Å². The smallest absolute Gasteiger partial charge is 0.343 e. The number of hydrogen-bond acceptors (Lipinski definition) is 6. The molecule has 6 nitrogen and oxygen atoms in total. The van der Waals surface area contributed by atoms with Crippen molar-refractivity contribution in [3.8, 4) is 23.0 Å². The summed E-state index contributed by atoms with van der Waals surface area (Å²) in [6, 6.07) is 16.4. The minimum absolute atomic E-state index is 0.00397. The van der Waals surface area contributed by atoms with Gasteiger partial charge in [-0.25, -0.2) is 9.18 Å². The number of ether oxygens (including phenoxy) is 3. The molecule has 0 bridgehead atoms. The number of benzene rings is 3. The van der Waals surface area contributed by atoms with E-state index in [1.54, 1.807) is 24.3 Å². The van der Waals surface area contributed by atoms with E-state index in [-0.39, 0.29) is 33.5 Å². The van der Waals surface area contributed by atoms with Gasteiger partial charge in [0.25, 0.3) is 0 Å². The van der Waals surface area contributed by atoms with Crippen LogP contribution in [0.4, 0.5) is 4.39 Å². The molecule has 0 radical (unpaired) electrons. The van der Waals surface area contributed by atoms with Crippen LogP contribution < -0.4 is 19.6 Å². The lowest BCUT2D eigenvalue weighted by molar-refractivity contribution is 0.0735. The van der Waals surface area contributed by atoms with Crippen molar-refractivity contribution < 1.29 is 27.8 Å². The van der Waals surface area contributed by atoms with Gasteiger partial charge in [0.05, 0.1) is 17.6 Å². The first-order valence-corrected chi connectivity index (χ1v) is 9.48. The second-order valence-electron chi connectivity index (χ2n) is 6.47. The number of hydrogen-bond donors (Lipinski definition) is 0. The Balaban J connectivity index is 1.59. The third kappa shape index (κ3) is 4.40. The molecular formula is C24H17FO6.